The van der Waals surface area contributed by atoms with Gasteiger partial charge in [-0.05, 0) is 38.1 Å². The Labute approximate surface area is 131 Å². The van der Waals surface area contributed by atoms with Gasteiger partial charge in [0.25, 0.3) is 0 Å². The number of fused-ring (bicyclic) bond motifs is 2. The van der Waals surface area contributed by atoms with Gasteiger partial charge in [0, 0.05) is 13.1 Å². The van der Waals surface area contributed by atoms with Crippen LogP contribution in [-0.2, 0) is 0 Å². The molecule has 0 amide bonds. The molecule has 4 nitrogen and oxygen atoms in total. The fourth-order valence-corrected chi connectivity index (χ4v) is 2.36. The molecule has 112 valence electrons. The molecular weight excluding hydrogens is 272 g/mol. The lowest BCUT2D eigenvalue weighted by atomic mass is 10.2. The van der Waals surface area contributed by atoms with Gasteiger partial charge in [0.1, 0.15) is 0 Å². The Morgan fingerprint density at radius 1 is 0.682 bits per heavy atom. The lowest BCUT2D eigenvalue weighted by Crippen LogP contribution is -2.14. The van der Waals surface area contributed by atoms with Crippen LogP contribution in [0.5, 0.6) is 0 Å². The topological polar surface area (TPSA) is 48.8 Å². The molecule has 1 aliphatic heterocycles. The normalized spacial score (nSPS) is 14.8. The van der Waals surface area contributed by atoms with Crippen molar-refractivity contribution in [2.24, 2.45) is 9.98 Å². The van der Waals surface area contributed by atoms with Crippen molar-refractivity contribution in [3.05, 3.63) is 48.5 Å². The molecule has 0 saturated carbocycles. The zero-order chi connectivity index (χ0) is 15.4. The van der Waals surface area contributed by atoms with E-state index in [0.717, 1.165) is 47.3 Å². The monoisotopic (exact) mass is 292 g/mol. The zero-order valence-electron chi connectivity index (χ0n) is 12.9. The number of hydrogen-bond donors (Lipinski definition) is 2. The molecule has 4 heteroatoms. The van der Waals surface area contributed by atoms with Gasteiger partial charge < -0.3 is 10.6 Å². The van der Waals surface area contributed by atoms with Crippen molar-refractivity contribution in [2.75, 3.05) is 23.7 Å². The molecule has 0 atom stereocenters. The predicted molar refractivity (Wildman–Crippen MR) is 95.4 cm³/mol. The van der Waals surface area contributed by atoms with Crippen LogP contribution in [0.1, 0.15) is 13.8 Å². The summed E-state index contributed by atoms with van der Waals surface area (Å²) >= 11 is 0. The average molecular weight is 292 g/mol. The molecule has 2 aromatic rings. The van der Waals surface area contributed by atoms with E-state index < -0.39 is 0 Å². The second-order valence-electron chi connectivity index (χ2n) is 5.28. The Hall–Kier alpha value is -2.62. The molecule has 0 unspecified atom stereocenters. The first kappa shape index (κ1) is 14.3. The summed E-state index contributed by atoms with van der Waals surface area (Å²) in [5, 5.41) is 6.88. The van der Waals surface area contributed by atoms with E-state index in [4.69, 9.17) is 9.98 Å². The minimum Gasteiger partial charge on any atom is -0.382 e. The van der Waals surface area contributed by atoms with E-state index in [1.54, 1.807) is 0 Å². The van der Waals surface area contributed by atoms with Crippen LogP contribution in [0.2, 0.25) is 0 Å². The van der Waals surface area contributed by atoms with Crippen LogP contribution in [0.4, 0.5) is 22.7 Å². The summed E-state index contributed by atoms with van der Waals surface area (Å²) in [7, 11) is 0. The van der Waals surface area contributed by atoms with Gasteiger partial charge in [-0.3, -0.25) is 0 Å². The van der Waals surface area contributed by atoms with E-state index >= 15 is 0 Å². The molecule has 0 bridgehead atoms. The minimum absolute atomic E-state index is 0.822. The largest absolute Gasteiger partial charge is 0.382 e. The van der Waals surface area contributed by atoms with Crippen LogP contribution in [0.25, 0.3) is 0 Å². The van der Waals surface area contributed by atoms with Gasteiger partial charge in [-0.25, -0.2) is 9.98 Å². The Morgan fingerprint density at radius 2 is 1.09 bits per heavy atom. The lowest BCUT2D eigenvalue weighted by molar-refractivity contribution is 1.08. The number of hydrogen-bond acceptors (Lipinski definition) is 4. The molecule has 0 aliphatic carbocycles. The van der Waals surface area contributed by atoms with Crippen LogP contribution in [0.15, 0.2) is 58.5 Å². The van der Waals surface area contributed by atoms with Crippen molar-refractivity contribution in [3.63, 3.8) is 0 Å². The van der Waals surface area contributed by atoms with Gasteiger partial charge in [-0.15, -0.1) is 0 Å². The van der Waals surface area contributed by atoms with Crippen LogP contribution < -0.4 is 10.6 Å². The van der Waals surface area contributed by atoms with Crippen LogP contribution in [0, 0.1) is 0 Å². The smallest absolute Gasteiger partial charge is 0.0864 e. The third kappa shape index (κ3) is 3.17. The van der Waals surface area contributed by atoms with E-state index in [-0.39, 0.29) is 0 Å². The third-order valence-corrected chi connectivity index (χ3v) is 3.66. The summed E-state index contributed by atoms with van der Waals surface area (Å²) in [4.78, 5) is 9.46. The first-order valence-electron chi connectivity index (χ1n) is 7.51. The predicted octanol–water partition coefficient (Wildman–Crippen LogP) is 4.41. The van der Waals surface area contributed by atoms with Crippen molar-refractivity contribution in [2.45, 2.75) is 13.8 Å². The van der Waals surface area contributed by atoms with E-state index in [0.29, 0.717) is 0 Å². The van der Waals surface area contributed by atoms with Gasteiger partial charge in [-0.1, -0.05) is 24.3 Å². The molecule has 1 aliphatic rings. The van der Waals surface area contributed by atoms with Crippen molar-refractivity contribution in [3.8, 4) is 0 Å². The quantitative estimate of drug-likeness (QED) is 0.755. The maximum atomic E-state index is 4.73. The third-order valence-electron chi connectivity index (χ3n) is 3.66. The molecule has 0 aromatic heterocycles. The highest BCUT2D eigenvalue weighted by molar-refractivity contribution is 6.41. The summed E-state index contributed by atoms with van der Waals surface area (Å²) in [6.45, 7) is 5.64. The van der Waals surface area contributed by atoms with Gasteiger partial charge in [-0.2, -0.15) is 0 Å². The van der Waals surface area contributed by atoms with Crippen molar-refractivity contribution in [1.29, 1.82) is 0 Å². The number of para-hydroxylation sites is 4. The van der Waals surface area contributed by atoms with E-state index in [2.05, 4.69) is 22.8 Å². The molecule has 0 fully saturated rings. The van der Waals surface area contributed by atoms with E-state index in [1.165, 1.54) is 0 Å². The van der Waals surface area contributed by atoms with Crippen LogP contribution in [0.3, 0.4) is 0 Å². The SMILES string of the molecule is CC1=Nc2ccccc2NCCNc2ccccc2N=C1C. The Bertz CT molecular complexity index is 668. The minimum atomic E-state index is 0.822. The summed E-state index contributed by atoms with van der Waals surface area (Å²) in [6.07, 6.45) is 0. The van der Waals surface area contributed by atoms with Gasteiger partial charge >= 0.3 is 0 Å². The van der Waals surface area contributed by atoms with Crippen molar-refractivity contribution < 1.29 is 0 Å². The zero-order valence-corrected chi connectivity index (χ0v) is 12.9. The number of benzene rings is 2. The molecule has 0 radical (unpaired) electrons. The fraction of sp³-hybridized carbons (Fsp3) is 0.222. The van der Waals surface area contributed by atoms with E-state index in [9.17, 15) is 0 Å². The Morgan fingerprint density at radius 3 is 1.55 bits per heavy atom. The highest BCUT2D eigenvalue weighted by Gasteiger charge is 2.06. The van der Waals surface area contributed by atoms with Crippen LogP contribution in [-0.4, -0.2) is 24.5 Å². The molecule has 2 N–H and O–H groups in total. The standard InChI is InChI=1S/C18H20N4/c1-13-14(2)22-18-10-6-4-8-16(18)20-12-11-19-15-7-3-5-9-17(15)21-13/h3-10,19-20H,11-12H2,1-2H3. The average Bonchev–Trinajstić information content (AvgIpc) is 2.53. The molecular formula is C18H20N4. The van der Waals surface area contributed by atoms with E-state index in [1.807, 2.05) is 50.2 Å². The number of anilines is 2. The number of aliphatic imine (C=N–C) groups is 2. The first-order valence-corrected chi connectivity index (χ1v) is 7.51. The van der Waals surface area contributed by atoms with Gasteiger partial charge in [0.2, 0.25) is 0 Å². The summed E-state index contributed by atoms with van der Waals surface area (Å²) in [5.74, 6) is 0. The lowest BCUT2D eigenvalue weighted by Gasteiger charge is -2.14. The molecule has 0 saturated heterocycles. The maximum Gasteiger partial charge on any atom is 0.0864 e. The Kier molecular flexibility index (Phi) is 4.19. The summed E-state index contributed by atoms with van der Waals surface area (Å²) in [5.41, 5.74) is 5.83. The second kappa shape index (κ2) is 6.43. The van der Waals surface area contributed by atoms with Gasteiger partial charge in [0.05, 0.1) is 34.2 Å². The molecule has 1 heterocycles. The summed E-state index contributed by atoms with van der Waals surface area (Å²) < 4.78 is 0. The maximum absolute atomic E-state index is 4.73. The number of nitrogens with zero attached hydrogens (tertiary/aromatic N) is 2. The Balaban J connectivity index is 2.06. The molecule has 2 aromatic carbocycles. The second-order valence-corrected chi connectivity index (χ2v) is 5.28. The summed E-state index contributed by atoms with van der Waals surface area (Å²) in [6, 6.07) is 16.2. The molecule has 3 rings (SSSR count). The first-order chi connectivity index (χ1) is 10.7. The van der Waals surface area contributed by atoms with Crippen molar-refractivity contribution >= 4 is 34.2 Å². The fourth-order valence-electron chi connectivity index (χ4n) is 2.36. The number of rotatable bonds is 0. The van der Waals surface area contributed by atoms with Crippen LogP contribution >= 0.6 is 0 Å². The highest BCUT2D eigenvalue weighted by atomic mass is 15.0. The van der Waals surface area contributed by atoms with Gasteiger partial charge in [0.15, 0.2) is 0 Å². The molecule has 22 heavy (non-hydrogen) atoms. The van der Waals surface area contributed by atoms with Crippen molar-refractivity contribution in [1.82, 2.24) is 0 Å². The highest BCUT2D eigenvalue weighted by Crippen LogP contribution is 2.27. The molecule has 0 spiro atoms. The number of nitrogens with one attached hydrogen (secondary N) is 2.